The molecule has 0 aliphatic heterocycles. The predicted octanol–water partition coefficient (Wildman–Crippen LogP) is 4.45. The molecule has 1 unspecified atom stereocenters. The van der Waals surface area contributed by atoms with Crippen molar-refractivity contribution in [2.24, 2.45) is 0 Å². The Balaban J connectivity index is 2.56. The zero-order valence-corrected chi connectivity index (χ0v) is 16.9. The molecule has 0 aliphatic rings. The summed E-state index contributed by atoms with van der Waals surface area (Å²) in [4.78, 5) is 0. The molecule has 0 aromatic heterocycles. The summed E-state index contributed by atoms with van der Waals surface area (Å²) in [5.41, 5.74) is 3.66. The minimum Gasteiger partial charge on any atom is -0.504 e. The number of methoxy groups -OCH3 is 1. The van der Waals surface area contributed by atoms with Crippen LogP contribution in [0.5, 0.6) is 11.5 Å². The number of aryl methyl sites for hydroxylation is 1. The van der Waals surface area contributed by atoms with Gasteiger partial charge in [0.05, 0.1) is 7.11 Å². The van der Waals surface area contributed by atoms with Crippen LogP contribution in [0.1, 0.15) is 43.4 Å². The number of phenols is 1. The van der Waals surface area contributed by atoms with Crippen molar-refractivity contribution in [3.8, 4) is 11.5 Å². The Morgan fingerprint density at radius 1 is 1.12 bits per heavy atom. The van der Waals surface area contributed by atoms with Crippen molar-refractivity contribution < 1.29 is 9.84 Å². The molecule has 0 amide bonds. The van der Waals surface area contributed by atoms with Crippen LogP contribution in [0.25, 0.3) is 0 Å². The summed E-state index contributed by atoms with van der Waals surface area (Å²) in [5, 5.41) is 15.4. The van der Waals surface area contributed by atoms with Crippen molar-refractivity contribution in [2.75, 3.05) is 14.2 Å². The van der Waals surface area contributed by atoms with Crippen LogP contribution in [-0.4, -0.2) is 19.3 Å². The van der Waals surface area contributed by atoms with Gasteiger partial charge in [-0.25, -0.2) is 0 Å². The topological polar surface area (TPSA) is 41.5 Å². The fraction of sp³-hybridized carbons (Fsp3) is 0.429. The highest BCUT2D eigenvalue weighted by Gasteiger charge is 2.33. The van der Waals surface area contributed by atoms with E-state index in [0.717, 1.165) is 24.9 Å². The van der Waals surface area contributed by atoms with E-state index in [1.807, 2.05) is 25.2 Å². The van der Waals surface area contributed by atoms with Crippen molar-refractivity contribution in [1.29, 1.82) is 0 Å². The molecule has 25 heavy (non-hydrogen) atoms. The molecule has 1 atom stereocenters. The largest absolute Gasteiger partial charge is 0.504 e. The van der Waals surface area contributed by atoms with Gasteiger partial charge in [0.2, 0.25) is 0 Å². The fourth-order valence-electron chi connectivity index (χ4n) is 3.43. The van der Waals surface area contributed by atoms with Gasteiger partial charge >= 0.3 is 0 Å². The highest BCUT2D eigenvalue weighted by molar-refractivity contribution is 7.48. The Morgan fingerprint density at radius 2 is 1.80 bits per heavy atom. The Hall–Kier alpha value is -1.57. The summed E-state index contributed by atoms with van der Waals surface area (Å²) < 4.78 is 5.35. The number of para-hydroxylation sites is 1. The summed E-state index contributed by atoms with van der Waals surface area (Å²) >= 11 is 0. The number of rotatable bonds is 8. The average Bonchev–Trinajstić information content (AvgIpc) is 2.63. The minimum absolute atomic E-state index is 0.0901. The van der Waals surface area contributed by atoms with Gasteiger partial charge < -0.3 is 15.2 Å². The minimum atomic E-state index is -0.0901. The first kappa shape index (κ1) is 19.8. The number of aromatic hydroxyl groups is 1. The van der Waals surface area contributed by atoms with Crippen LogP contribution in [0.3, 0.4) is 0 Å². The number of nitrogens with one attached hydrogen (secondary N) is 1. The molecule has 2 aromatic rings. The molecule has 136 valence electrons. The van der Waals surface area contributed by atoms with Gasteiger partial charge in [-0.15, -0.1) is 0 Å². The van der Waals surface area contributed by atoms with E-state index in [2.05, 4.69) is 44.3 Å². The molecule has 0 heterocycles. The second-order valence-electron chi connectivity index (χ2n) is 6.41. The SMILES string of the molecule is CCC(CC)(Pc1c(C)cccc1CNC)c1cccc(OC)c1O. The third kappa shape index (κ3) is 3.99. The van der Waals surface area contributed by atoms with Crippen LogP contribution in [0.15, 0.2) is 36.4 Å². The van der Waals surface area contributed by atoms with E-state index in [1.165, 1.54) is 16.4 Å². The van der Waals surface area contributed by atoms with E-state index >= 15 is 0 Å². The number of hydrogen-bond acceptors (Lipinski definition) is 3. The zero-order chi connectivity index (χ0) is 18.4. The standard InChI is InChI=1S/C21H30NO2P/c1-6-21(7-2,17-12-9-13-18(24-5)19(17)23)25-20-15(3)10-8-11-16(20)14-22-4/h8-13,22-23,25H,6-7,14H2,1-5H3. The monoisotopic (exact) mass is 359 g/mol. The smallest absolute Gasteiger partial charge is 0.161 e. The van der Waals surface area contributed by atoms with Crippen molar-refractivity contribution in [3.63, 3.8) is 0 Å². The lowest BCUT2D eigenvalue weighted by atomic mass is 9.91. The van der Waals surface area contributed by atoms with Gasteiger partial charge in [0.15, 0.2) is 11.5 Å². The van der Waals surface area contributed by atoms with Gasteiger partial charge in [0.1, 0.15) is 0 Å². The van der Waals surface area contributed by atoms with Crippen LogP contribution >= 0.6 is 8.58 Å². The lowest BCUT2D eigenvalue weighted by Crippen LogP contribution is -2.25. The molecular formula is C21H30NO2P. The third-order valence-corrected chi connectivity index (χ3v) is 7.45. The van der Waals surface area contributed by atoms with Crippen LogP contribution in [-0.2, 0) is 11.7 Å². The lowest BCUT2D eigenvalue weighted by molar-refractivity contribution is 0.365. The van der Waals surface area contributed by atoms with Gasteiger partial charge in [-0.05, 0) is 49.3 Å². The highest BCUT2D eigenvalue weighted by atomic mass is 31.1. The first-order chi connectivity index (χ1) is 12.0. The third-order valence-electron chi connectivity index (χ3n) is 5.03. The molecule has 0 aliphatic carbocycles. The molecule has 4 heteroatoms. The molecule has 0 spiro atoms. The highest BCUT2D eigenvalue weighted by Crippen LogP contribution is 2.52. The summed E-state index contributed by atoms with van der Waals surface area (Å²) in [6.45, 7) is 7.47. The van der Waals surface area contributed by atoms with Gasteiger partial charge in [0, 0.05) is 17.3 Å². The molecule has 2 N–H and O–H groups in total. The first-order valence-corrected chi connectivity index (χ1v) is 9.90. The Labute approximate surface area is 153 Å². The van der Waals surface area contributed by atoms with E-state index in [4.69, 9.17) is 4.74 Å². The van der Waals surface area contributed by atoms with Crippen LogP contribution < -0.4 is 15.4 Å². The second kappa shape index (κ2) is 8.69. The molecule has 2 rings (SSSR count). The van der Waals surface area contributed by atoms with Crippen molar-refractivity contribution in [3.05, 3.63) is 53.1 Å². The van der Waals surface area contributed by atoms with E-state index in [-0.39, 0.29) is 10.9 Å². The molecule has 0 radical (unpaired) electrons. The van der Waals surface area contributed by atoms with Crippen molar-refractivity contribution in [1.82, 2.24) is 5.32 Å². The van der Waals surface area contributed by atoms with Gasteiger partial charge in [-0.1, -0.05) is 52.8 Å². The summed E-state index contributed by atoms with van der Waals surface area (Å²) in [6.07, 6.45) is 1.94. The summed E-state index contributed by atoms with van der Waals surface area (Å²) in [5.74, 6) is 0.832. The molecule has 0 saturated carbocycles. The molecule has 0 saturated heterocycles. The maximum absolute atomic E-state index is 10.8. The number of ether oxygens (including phenoxy) is 1. The zero-order valence-electron chi connectivity index (χ0n) is 15.9. The normalized spacial score (nSPS) is 12.0. The molecule has 0 bridgehead atoms. The average molecular weight is 359 g/mol. The Bertz CT molecular complexity index is 711. The first-order valence-electron chi connectivity index (χ1n) is 8.90. The van der Waals surface area contributed by atoms with Crippen LogP contribution in [0, 0.1) is 6.92 Å². The second-order valence-corrected chi connectivity index (χ2v) is 8.12. The van der Waals surface area contributed by atoms with Gasteiger partial charge in [0.25, 0.3) is 0 Å². The van der Waals surface area contributed by atoms with Gasteiger partial charge in [-0.3, -0.25) is 0 Å². The van der Waals surface area contributed by atoms with Gasteiger partial charge in [-0.2, -0.15) is 0 Å². The van der Waals surface area contributed by atoms with Crippen molar-refractivity contribution >= 4 is 13.9 Å². The molecule has 2 aromatic carbocycles. The lowest BCUT2D eigenvalue weighted by Gasteiger charge is -2.35. The predicted molar refractivity (Wildman–Crippen MR) is 109 cm³/mol. The number of hydrogen-bond donors (Lipinski definition) is 2. The maximum Gasteiger partial charge on any atom is 0.161 e. The number of benzene rings is 2. The van der Waals surface area contributed by atoms with E-state index < -0.39 is 0 Å². The quantitative estimate of drug-likeness (QED) is 0.684. The Kier molecular flexibility index (Phi) is 6.87. The number of phenolic OH excluding ortho intramolecular Hbond substituents is 1. The van der Waals surface area contributed by atoms with E-state index in [0.29, 0.717) is 14.3 Å². The van der Waals surface area contributed by atoms with E-state index in [1.54, 1.807) is 7.11 Å². The molecule has 0 fully saturated rings. The van der Waals surface area contributed by atoms with Crippen molar-refractivity contribution in [2.45, 2.75) is 45.3 Å². The summed E-state index contributed by atoms with van der Waals surface area (Å²) in [7, 11) is 4.18. The van der Waals surface area contributed by atoms with Crippen LogP contribution in [0.2, 0.25) is 0 Å². The van der Waals surface area contributed by atoms with E-state index in [9.17, 15) is 5.11 Å². The summed E-state index contributed by atoms with van der Waals surface area (Å²) in [6, 6.07) is 12.4. The molecule has 3 nitrogen and oxygen atoms in total. The Morgan fingerprint density at radius 3 is 2.40 bits per heavy atom. The fourth-order valence-corrected chi connectivity index (χ4v) is 5.21. The maximum atomic E-state index is 10.8. The van der Waals surface area contributed by atoms with Crippen LogP contribution in [0.4, 0.5) is 0 Å². The molecular weight excluding hydrogens is 329 g/mol.